The van der Waals surface area contributed by atoms with E-state index in [0.29, 0.717) is 17.9 Å². The van der Waals surface area contributed by atoms with E-state index in [2.05, 4.69) is 5.32 Å². The molecule has 0 spiro atoms. The van der Waals surface area contributed by atoms with Crippen molar-refractivity contribution in [2.75, 3.05) is 6.54 Å². The number of carbonyl (C=O) groups is 3. The van der Waals surface area contributed by atoms with Crippen LogP contribution in [0.5, 0.6) is 0 Å². The SMILES string of the molecule is O=C1c2ccccc2C(=O)N1[C@@]1(F)CCCNC1=O. The summed E-state index contributed by atoms with van der Waals surface area (Å²) in [6.07, 6.45) is 0.222. The second kappa shape index (κ2) is 3.88. The van der Waals surface area contributed by atoms with E-state index in [4.69, 9.17) is 0 Å². The van der Waals surface area contributed by atoms with Gasteiger partial charge in [0.2, 0.25) is 0 Å². The molecule has 1 aromatic rings. The largest absolute Gasteiger partial charge is 0.352 e. The molecule has 0 radical (unpaired) electrons. The predicted molar refractivity (Wildman–Crippen MR) is 63.0 cm³/mol. The van der Waals surface area contributed by atoms with Crippen LogP contribution in [0.3, 0.4) is 0 Å². The molecule has 0 aliphatic carbocycles. The van der Waals surface area contributed by atoms with Crippen molar-refractivity contribution in [3.05, 3.63) is 35.4 Å². The van der Waals surface area contributed by atoms with Crippen LogP contribution in [0.1, 0.15) is 33.6 Å². The van der Waals surface area contributed by atoms with Crippen LogP contribution in [0.15, 0.2) is 24.3 Å². The Hall–Kier alpha value is -2.24. The van der Waals surface area contributed by atoms with Gasteiger partial charge in [-0.15, -0.1) is 0 Å². The smallest absolute Gasteiger partial charge is 0.279 e. The number of rotatable bonds is 1. The minimum atomic E-state index is -2.58. The molecule has 3 amide bonds. The third-order valence-corrected chi connectivity index (χ3v) is 3.47. The molecule has 1 aromatic carbocycles. The third kappa shape index (κ3) is 1.49. The van der Waals surface area contributed by atoms with Crippen LogP contribution >= 0.6 is 0 Å². The summed E-state index contributed by atoms with van der Waals surface area (Å²) in [6.45, 7) is 0.355. The number of hydrogen-bond donors (Lipinski definition) is 1. The molecule has 1 N–H and O–H groups in total. The van der Waals surface area contributed by atoms with Crippen LogP contribution in [0.25, 0.3) is 0 Å². The molecule has 0 bridgehead atoms. The second-order valence-electron chi connectivity index (χ2n) is 4.61. The maximum atomic E-state index is 14.8. The lowest BCUT2D eigenvalue weighted by molar-refractivity contribution is -0.144. The Morgan fingerprint density at radius 2 is 1.68 bits per heavy atom. The highest BCUT2D eigenvalue weighted by Gasteiger charge is 2.55. The molecule has 0 unspecified atom stereocenters. The first-order valence-corrected chi connectivity index (χ1v) is 6.01. The lowest BCUT2D eigenvalue weighted by Crippen LogP contribution is -2.60. The first-order chi connectivity index (χ1) is 9.05. The lowest BCUT2D eigenvalue weighted by atomic mass is 10.0. The summed E-state index contributed by atoms with van der Waals surface area (Å²) >= 11 is 0. The van der Waals surface area contributed by atoms with Gasteiger partial charge in [0.15, 0.2) is 0 Å². The van der Waals surface area contributed by atoms with Crippen molar-refractivity contribution in [3.63, 3.8) is 0 Å². The molecular weight excluding hydrogens is 251 g/mol. The third-order valence-electron chi connectivity index (χ3n) is 3.47. The van der Waals surface area contributed by atoms with Crippen molar-refractivity contribution >= 4 is 17.7 Å². The summed E-state index contributed by atoms with van der Waals surface area (Å²) in [7, 11) is 0. The van der Waals surface area contributed by atoms with Crippen LogP contribution in [0, 0.1) is 0 Å². The quantitative estimate of drug-likeness (QED) is 0.603. The van der Waals surface area contributed by atoms with Crippen molar-refractivity contribution in [1.29, 1.82) is 0 Å². The highest BCUT2D eigenvalue weighted by atomic mass is 19.1. The van der Waals surface area contributed by atoms with Crippen LogP contribution in [-0.2, 0) is 4.79 Å². The van der Waals surface area contributed by atoms with Crippen molar-refractivity contribution in [3.8, 4) is 0 Å². The number of carbonyl (C=O) groups excluding carboxylic acids is 3. The highest BCUT2D eigenvalue weighted by molar-refractivity contribution is 6.23. The number of amides is 3. The van der Waals surface area contributed by atoms with E-state index in [9.17, 15) is 18.8 Å². The lowest BCUT2D eigenvalue weighted by Gasteiger charge is -2.34. The first kappa shape index (κ1) is 11.8. The normalized spacial score (nSPS) is 26.4. The first-order valence-electron chi connectivity index (χ1n) is 6.01. The zero-order valence-electron chi connectivity index (χ0n) is 9.98. The number of benzene rings is 1. The number of fused-ring (bicyclic) bond motifs is 1. The fourth-order valence-electron chi connectivity index (χ4n) is 2.50. The van der Waals surface area contributed by atoms with Gasteiger partial charge in [0.25, 0.3) is 23.5 Å². The summed E-state index contributed by atoms with van der Waals surface area (Å²) in [5, 5.41) is 2.36. The number of piperidine rings is 1. The zero-order chi connectivity index (χ0) is 13.6. The van der Waals surface area contributed by atoms with E-state index in [-0.39, 0.29) is 17.5 Å². The number of nitrogens with one attached hydrogen (secondary N) is 1. The molecule has 1 saturated heterocycles. The Morgan fingerprint density at radius 1 is 1.11 bits per heavy atom. The van der Waals surface area contributed by atoms with Gasteiger partial charge in [0.05, 0.1) is 11.1 Å². The molecule has 2 heterocycles. The summed E-state index contributed by atoms with van der Waals surface area (Å²) < 4.78 is 14.8. The molecule has 1 atom stereocenters. The molecule has 5 nitrogen and oxygen atoms in total. The molecular formula is C13H11FN2O3. The maximum Gasteiger partial charge on any atom is 0.279 e. The summed E-state index contributed by atoms with van der Waals surface area (Å²) in [5.74, 6) is -5.00. The van der Waals surface area contributed by atoms with Gasteiger partial charge in [0.1, 0.15) is 0 Å². The van der Waals surface area contributed by atoms with Gasteiger partial charge in [-0.25, -0.2) is 9.29 Å². The Balaban J connectivity index is 2.06. The number of hydrogen-bond acceptors (Lipinski definition) is 3. The topological polar surface area (TPSA) is 66.5 Å². The standard InChI is InChI=1S/C13H11FN2O3/c14-13(6-3-7-15-12(13)19)16-10(17)8-4-1-2-5-9(8)11(16)18/h1-2,4-5H,3,6-7H2,(H,15,19)/t13-/m0/s1. The number of alkyl halides is 1. The number of halogens is 1. The molecule has 19 heavy (non-hydrogen) atoms. The predicted octanol–water partition coefficient (Wildman–Crippen LogP) is 0.858. The maximum absolute atomic E-state index is 14.8. The van der Waals surface area contributed by atoms with Gasteiger partial charge >= 0.3 is 0 Å². The zero-order valence-corrected chi connectivity index (χ0v) is 9.98. The molecule has 1 fully saturated rings. The minimum absolute atomic E-state index is 0.142. The van der Waals surface area contributed by atoms with E-state index in [1.807, 2.05) is 0 Å². The fraction of sp³-hybridized carbons (Fsp3) is 0.308. The molecule has 98 valence electrons. The molecule has 2 aliphatic rings. The minimum Gasteiger partial charge on any atom is -0.352 e. The number of nitrogens with zero attached hydrogens (tertiary/aromatic N) is 1. The average Bonchev–Trinajstić information content (AvgIpc) is 2.67. The van der Waals surface area contributed by atoms with E-state index in [1.165, 1.54) is 12.1 Å². The van der Waals surface area contributed by atoms with E-state index < -0.39 is 23.5 Å². The summed E-state index contributed by atoms with van der Waals surface area (Å²) in [4.78, 5) is 36.4. The molecule has 3 rings (SSSR count). The van der Waals surface area contributed by atoms with E-state index in [0.717, 1.165) is 0 Å². The van der Waals surface area contributed by atoms with Crippen LogP contribution in [-0.4, -0.2) is 35.0 Å². The Labute approximate surface area is 108 Å². The monoisotopic (exact) mass is 262 g/mol. The van der Waals surface area contributed by atoms with E-state index >= 15 is 0 Å². The van der Waals surface area contributed by atoms with Crippen molar-refractivity contribution < 1.29 is 18.8 Å². The van der Waals surface area contributed by atoms with Crippen LogP contribution in [0.4, 0.5) is 4.39 Å². The van der Waals surface area contributed by atoms with Crippen molar-refractivity contribution in [2.24, 2.45) is 0 Å². The Kier molecular flexibility index (Phi) is 2.41. The molecule has 6 heteroatoms. The van der Waals surface area contributed by atoms with Crippen LogP contribution in [0.2, 0.25) is 0 Å². The van der Waals surface area contributed by atoms with Gasteiger partial charge < -0.3 is 5.32 Å². The summed E-state index contributed by atoms with van der Waals surface area (Å²) in [6, 6.07) is 6.11. The van der Waals surface area contributed by atoms with Crippen LogP contribution < -0.4 is 5.32 Å². The Bertz CT molecular complexity index is 566. The Morgan fingerprint density at radius 3 is 2.21 bits per heavy atom. The molecule has 0 saturated carbocycles. The van der Waals surface area contributed by atoms with Gasteiger partial charge in [-0.2, -0.15) is 0 Å². The average molecular weight is 262 g/mol. The van der Waals surface area contributed by atoms with Gasteiger partial charge in [-0.1, -0.05) is 12.1 Å². The van der Waals surface area contributed by atoms with Gasteiger partial charge in [0, 0.05) is 13.0 Å². The number of imide groups is 1. The van der Waals surface area contributed by atoms with E-state index in [1.54, 1.807) is 12.1 Å². The van der Waals surface area contributed by atoms with Gasteiger partial charge in [-0.05, 0) is 18.6 Å². The molecule has 2 aliphatic heterocycles. The van der Waals surface area contributed by atoms with Crippen molar-refractivity contribution in [1.82, 2.24) is 10.2 Å². The van der Waals surface area contributed by atoms with Crippen molar-refractivity contribution in [2.45, 2.75) is 18.6 Å². The molecule has 0 aromatic heterocycles. The van der Waals surface area contributed by atoms with Gasteiger partial charge in [-0.3, -0.25) is 14.4 Å². The summed E-state index contributed by atoms with van der Waals surface area (Å²) in [5.41, 5.74) is 0.283. The fourth-order valence-corrected chi connectivity index (χ4v) is 2.50. The second-order valence-corrected chi connectivity index (χ2v) is 4.61. The highest BCUT2D eigenvalue weighted by Crippen LogP contribution is 2.34.